The van der Waals surface area contributed by atoms with Gasteiger partial charge in [0.25, 0.3) is 0 Å². The second kappa shape index (κ2) is 3.98. The van der Waals surface area contributed by atoms with Gasteiger partial charge in [-0.2, -0.15) is 0 Å². The summed E-state index contributed by atoms with van der Waals surface area (Å²) in [7, 11) is -1.73. The standard InChI is InChI=1S/C14H21NOSi/c1-14(2,3)17(4,5)16-13-9-8-12-11(13)7-6-10-15-12/h6-7,9-10H,8H2,1-5H3. The Balaban J connectivity index is 2.23. The highest BCUT2D eigenvalue weighted by molar-refractivity contribution is 6.74. The van der Waals surface area contributed by atoms with E-state index in [1.165, 1.54) is 5.56 Å². The molecular formula is C14H21NOSi. The Morgan fingerprint density at radius 1 is 1.29 bits per heavy atom. The monoisotopic (exact) mass is 247 g/mol. The van der Waals surface area contributed by atoms with Gasteiger partial charge < -0.3 is 4.43 Å². The molecule has 1 aliphatic carbocycles. The topological polar surface area (TPSA) is 22.1 Å². The van der Waals surface area contributed by atoms with Crippen molar-refractivity contribution < 1.29 is 4.43 Å². The van der Waals surface area contributed by atoms with Gasteiger partial charge in [0.15, 0.2) is 0 Å². The van der Waals surface area contributed by atoms with E-state index in [0.29, 0.717) is 0 Å². The number of pyridine rings is 1. The highest BCUT2D eigenvalue weighted by atomic mass is 28.4. The van der Waals surface area contributed by atoms with Crippen LogP contribution in [0.5, 0.6) is 0 Å². The van der Waals surface area contributed by atoms with Crippen LogP contribution < -0.4 is 0 Å². The molecule has 2 nitrogen and oxygen atoms in total. The summed E-state index contributed by atoms with van der Waals surface area (Å²) in [6.07, 6.45) is 4.92. The first-order chi connectivity index (χ1) is 7.81. The summed E-state index contributed by atoms with van der Waals surface area (Å²) >= 11 is 0. The SMILES string of the molecule is CC(C)(C)[Si](C)(C)OC1=CCc2ncccc21. The van der Waals surface area contributed by atoms with Crippen molar-refractivity contribution in [3.8, 4) is 0 Å². The van der Waals surface area contributed by atoms with Crippen molar-refractivity contribution in [2.45, 2.75) is 45.3 Å². The third kappa shape index (κ3) is 2.29. The first-order valence-electron chi connectivity index (χ1n) is 6.15. The Kier molecular flexibility index (Phi) is 2.90. The molecule has 2 rings (SSSR count). The van der Waals surface area contributed by atoms with Crippen LogP contribution in [0.4, 0.5) is 0 Å². The van der Waals surface area contributed by atoms with Crippen LogP contribution in [0.2, 0.25) is 18.1 Å². The van der Waals surface area contributed by atoms with E-state index in [0.717, 1.165) is 17.9 Å². The largest absolute Gasteiger partial charge is 0.543 e. The molecule has 0 aliphatic heterocycles. The van der Waals surface area contributed by atoms with Crippen LogP contribution >= 0.6 is 0 Å². The zero-order chi connectivity index (χ0) is 12.7. The van der Waals surface area contributed by atoms with Crippen molar-refractivity contribution in [1.29, 1.82) is 0 Å². The van der Waals surface area contributed by atoms with Crippen molar-refractivity contribution in [3.05, 3.63) is 35.7 Å². The maximum Gasteiger partial charge on any atom is 0.250 e. The van der Waals surface area contributed by atoms with E-state index in [1.807, 2.05) is 12.3 Å². The molecule has 0 bridgehead atoms. The number of hydrogen-bond acceptors (Lipinski definition) is 2. The highest BCUT2D eigenvalue weighted by Crippen LogP contribution is 2.40. The molecule has 0 aromatic carbocycles. The Hall–Kier alpha value is -1.09. The molecule has 0 unspecified atom stereocenters. The lowest BCUT2D eigenvalue weighted by molar-refractivity contribution is 0.458. The van der Waals surface area contributed by atoms with Gasteiger partial charge in [0.05, 0.1) is 5.69 Å². The van der Waals surface area contributed by atoms with E-state index in [9.17, 15) is 0 Å². The molecular weight excluding hydrogens is 226 g/mol. The molecule has 0 spiro atoms. The van der Waals surface area contributed by atoms with Crippen molar-refractivity contribution in [2.75, 3.05) is 0 Å². The van der Waals surface area contributed by atoms with Crippen molar-refractivity contribution in [1.82, 2.24) is 4.98 Å². The molecule has 92 valence electrons. The van der Waals surface area contributed by atoms with E-state index in [1.54, 1.807) is 0 Å². The summed E-state index contributed by atoms with van der Waals surface area (Å²) in [6, 6.07) is 4.08. The summed E-state index contributed by atoms with van der Waals surface area (Å²) in [4.78, 5) is 4.39. The first-order valence-corrected chi connectivity index (χ1v) is 9.05. The van der Waals surface area contributed by atoms with Crippen LogP contribution in [0.1, 0.15) is 32.0 Å². The van der Waals surface area contributed by atoms with Gasteiger partial charge in [-0.05, 0) is 36.3 Å². The molecule has 0 saturated carbocycles. The average Bonchev–Trinajstić information content (AvgIpc) is 2.60. The second-order valence-electron chi connectivity index (χ2n) is 6.13. The van der Waals surface area contributed by atoms with Crippen molar-refractivity contribution in [3.63, 3.8) is 0 Å². The maximum absolute atomic E-state index is 6.35. The summed E-state index contributed by atoms with van der Waals surface area (Å²) in [5.74, 6) is 1.04. The van der Waals surface area contributed by atoms with Crippen LogP contribution in [0.15, 0.2) is 24.4 Å². The Bertz CT molecular complexity index is 458. The lowest BCUT2D eigenvalue weighted by Gasteiger charge is -2.37. The predicted octanol–water partition coefficient (Wildman–Crippen LogP) is 4.00. The number of nitrogens with zero attached hydrogens (tertiary/aromatic N) is 1. The van der Waals surface area contributed by atoms with Gasteiger partial charge in [0, 0.05) is 18.2 Å². The van der Waals surface area contributed by atoms with Crippen molar-refractivity contribution >= 4 is 14.1 Å². The Morgan fingerprint density at radius 3 is 2.65 bits per heavy atom. The average molecular weight is 247 g/mol. The number of fused-ring (bicyclic) bond motifs is 1. The van der Waals surface area contributed by atoms with Gasteiger partial charge in [-0.25, -0.2) is 0 Å². The minimum Gasteiger partial charge on any atom is -0.543 e. The molecule has 0 radical (unpaired) electrons. The number of rotatable bonds is 2. The summed E-state index contributed by atoms with van der Waals surface area (Å²) in [6.45, 7) is 11.3. The molecule has 3 heteroatoms. The second-order valence-corrected chi connectivity index (χ2v) is 10.9. The van der Waals surface area contributed by atoms with Crippen LogP contribution in [0.3, 0.4) is 0 Å². The predicted molar refractivity (Wildman–Crippen MR) is 74.2 cm³/mol. The van der Waals surface area contributed by atoms with Gasteiger partial charge in [0.2, 0.25) is 8.32 Å². The molecule has 1 aromatic rings. The normalized spacial score (nSPS) is 15.5. The van der Waals surface area contributed by atoms with E-state index < -0.39 is 8.32 Å². The minimum atomic E-state index is -1.73. The third-order valence-electron chi connectivity index (χ3n) is 3.81. The molecule has 1 heterocycles. The van der Waals surface area contributed by atoms with E-state index >= 15 is 0 Å². The molecule has 1 aliphatic rings. The molecule has 0 amide bonds. The summed E-state index contributed by atoms with van der Waals surface area (Å²) in [5, 5.41) is 0.235. The summed E-state index contributed by atoms with van der Waals surface area (Å²) in [5.41, 5.74) is 2.32. The number of allylic oxidation sites excluding steroid dienone is 1. The molecule has 1 aromatic heterocycles. The lowest BCUT2D eigenvalue weighted by Crippen LogP contribution is -2.40. The van der Waals surface area contributed by atoms with Gasteiger partial charge in [0.1, 0.15) is 5.76 Å². The smallest absolute Gasteiger partial charge is 0.250 e. The summed E-state index contributed by atoms with van der Waals surface area (Å²) < 4.78 is 6.35. The quantitative estimate of drug-likeness (QED) is 0.737. The molecule has 0 fully saturated rings. The van der Waals surface area contributed by atoms with E-state index in [-0.39, 0.29) is 5.04 Å². The van der Waals surface area contributed by atoms with Crippen molar-refractivity contribution in [2.24, 2.45) is 0 Å². The minimum absolute atomic E-state index is 0.235. The Morgan fingerprint density at radius 2 is 2.00 bits per heavy atom. The zero-order valence-electron chi connectivity index (χ0n) is 11.4. The molecule has 0 atom stereocenters. The van der Waals surface area contributed by atoms with Gasteiger partial charge in [-0.3, -0.25) is 4.98 Å². The molecule has 0 saturated heterocycles. The lowest BCUT2D eigenvalue weighted by atomic mass is 10.2. The van der Waals surface area contributed by atoms with Crippen LogP contribution in [-0.2, 0) is 10.8 Å². The van der Waals surface area contributed by atoms with E-state index in [2.05, 4.69) is 51.0 Å². The van der Waals surface area contributed by atoms with Gasteiger partial charge in [-0.15, -0.1) is 0 Å². The van der Waals surface area contributed by atoms with Crippen LogP contribution in [0.25, 0.3) is 5.76 Å². The Labute approximate surface area is 105 Å². The molecule has 17 heavy (non-hydrogen) atoms. The molecule has 0 N–H and O–H groups in total. The third-order valence-corrected chi connectivity index (χ3v) is 8.15. The highest BCUT2D eigenvalue weighted by Gasteiger charge is 2.40. The van der Waals surface area contributed by atoms with Gasteiger partial charge >= 0.3 is 0 Å². The van der Waals surface area contributed by atoms with Crippen LogP contribution in [-0.4, -0.2) is 13.3 Å². The fourth-order valence-corrected chi connectivity index (χ4v) is 2.70. The van der Waals surface area contributed by atoms with E-state index in [4.69, 9.17) is 4.43 Å². The maximum atomic E-state index is 6.35. The first kappa shape index (κ1) is 12.4. The zero-order valence-corrected chi connectivity index (χ0v) is 12.4. The fourth-order valence-electron chi connectivity index (χ4n) is 1.65. The number of hydrogen-bond donors (Lipinski definition) is 0. The van der Waals surface area contributed by atoms with Gasteiger partial charge in [-0.1, -0.05) is 20.8 Å². The fraction of sp³-hybridized carbons (Fsp3) is 0.500. The number of aromatic nitrogens is 1. The van der Waals surface area contributed by atoms with Crippen LogP contribution in [0, 0.1) is 0 Å².